The molecular weight excluding hydrogens is 459 g/mol. The Balaban J connectivity index is 1.55. The standard InChI is InChI=1S/C25H31FN2O5S/c1-32-24(29)27-18-25(11-14-33-15-12-25)21-10-9-20(22(26)16-21)17-28-13-5-8-23(34(28,30)31)19-6-3-2-4-7-19/h2-4,6-7,9-10,16,23H,5,8,11-15,17-18H2,1H3,(H,27,29)/t23-/m1/s1. The molecule has 0 aliphatic carbocycles. The van der Waals surface area contributed by atoms with Crippen molar-refractivity contribution in [2.45, 2.75) is 42.9 Å². The van der Waals surface area contributed by atoms with Crippen LogP contribution in [0.5, 0.6) is 0 Å². The number of alkyl carbamates (subject to hydrolysis) is 1. The van der Waals surface area contributed by atoms with E-state index in [9.17, 15) is 13.2 Å². The molecule has 0 aromatic heterocycles. The quantitative estimate of drug-likeness (QED) is 0.664. The SMILES string of the molecule is COC(=O)NCC1(c2ccc(CN3CCC[C@H](c4ccccc4)S3(=O)=O)c(F)c2)CCOCC1. The van der Waals surface area contributed by atoms with E-state index in [-0.39, 0.29) is 6.54 Å². The van der Waals surface area contributed by atoms with E-state index in [2.05, 4.69) is 5.32 Å². The number of rotatable bonds is 6. The van der Waals surface area contributed by atoms with Gasteiger partial charge in [-0.3, -0.25) is 0 Å². The Morgan fingerprint density at radius 2 is 1.94 bits per heavy atom. The molecule has 34 heavy (non-hydrogen) atoms. The van der Waals surface area contributed by atoms with Crippen LogP contribution >= 0.6 is 0 Å². The summed E-state index contributed by atoms with van der Waals surface area (Å²) in [4.78, 5) is 11.7. The van der Waals surface area contributed by atoms with Gasteiger partial charge in [0.2, 0.25) is 10.0 Å². The Labute approximate surface area is 200 Å². The van der Waals surface area contributed by atoms with Crippen LogP contribution in [0.15, 0.2) is 48.5 Å². The predicted molar refractivity (Wildman–Crippen MR) is 126 cm³/mol. The zero-order valence-corrected chi connectivity index (χ0v) is 20.2. The van der Waals surface area contributed by atoms with E-state index in [1.165, 1.54) is 17.5 Å². The van der Waals surface area contributed by atoms with Crippen molar-refractivity contribution in [3.8, 4) is 0 Å². The number of halogens is 1. The highest BCUT2D eigenvalue weighted by molar-refractivity contribution is 7.89. The third-order valence-corrected chi connectivity index (χ3v) is 9.24. The second-order valence-electron chi connectivity index (χ2n) is 8.96. The fourth-order valence-corrected chi connectivity index (χ4v) is 6.95. The summed E-state index contributed by atoms with van der Waals surface area (Å²) in [5.41, 5.74) is 1.39. The van der Waals surface area contributed by atoms with Crippen molar-refractivity contribution < 1.29 is 27.1 Å². The number of amides is 1. The molecule has 2 fully saturated rings. The van der Waals surface area contributed by atoms with Crippen LogP contribution in [0.3, 0.4) is 0 Å². The first-order valence-electron chi connectivity index (χ1n) is 11.6. The third-order valence-electron chi connectivity index (χ3n) is 6.98. The molecule has 0 radical (unpaired) electrons. The predicted octanol–water partition coefficient (Wildman–Crippen LogP) is 3.90. The average Bonchev–Trinajstić information content (AvgIpc) is 2.85. The minimum Gasteiger partial charge on any atom is -0.453 e. The smallest absolute Gasteiger partial charge is 0.406 e. The van der Waals surface area contributed by atoms with E-state index < -0.39 is 32.6 Å². The van der Waals surface area contributed by atoms with E-state index in [0.717, 1.165) is 17.5 Å². The summed E-state index contributed by atoms with van der Waals surface area (Å²) in [6, 6.07) is 14.2. The fraction of sp³-hybridized carbons (Fsp3) is 0.480. The van der Waals surface area contributed by atoms with E-state index in [4.69, 9.17) is 9.47 Å². The van der Waals surface area contributed by atoms with Gasteiger partial charge < -0.3 is 14.8 Å². The summed E-state index contributed by atoms with van der Waals surface area (Å²) in [5, 5.41) is 2.13. The van der Waals surface area contributed by atoms with Crippen LogP contribution in [0.4, 0.5) is 9.18 Å². The molecule has 2 saturated heterocycles. The molecule has 9 heteroatoms. The third kappa shape index (κ3) is 5.11. The van der Waals surface area contributed by atoms with Gasteiger partial charge in [-0.15, -0.1) is 0 Å². The summed E-state index contributed by atoms with van der Waals surface area (Å²) >= 11 is 0. The molecular formula is C25H31FN2O5S. The Kier molecular flexibility index (Phi) is 7.54. The lowest BCUT2D eigenvalue weighted by atomic mass is 9.74. The molecule has 1 atom stereocenters. The maximum atomic E-state index is 15.3. The molecule has 2 heterocycles. The van der Waals surface area contributed by atoms with Gasteiger partial charge in [0.1, 0.15) is 11.1 Å². The van der Waals surface area contributed by atoms with E-state index in [1.54, 1.807) is 6.07 Å². The van der Waals surface area contributed by atoms with Crippen molar-refractivity contribution in [2.24, 2.45) is 0 Å². The van der Waals surface area contributed by atoms with Crippen molar-refractivity contribution in [3.63, 3.8) is 0 Å². The van der Waals surface area contributed by atoms with Gasteiger partial charge in [-0.25, -0.2) is 17.6 Å². The first kappa shape index (κ1) is 24.6. The number of hydrogen-bond donors (Lipinski definition) is 1. The zero-order valence-electron chi connectivity index (χ0n) is 19.3. The maximum absolute atomic E-state index is 15.3. The van der Waals surface area contributed by atoms with Crippen LogP contribution in [0.1, 0.15) is 47.6 Å². The molecule has 0 saturated carbocycles. The van der Waals surface area contributed by atoms with Gasteiger partial charge >= 0.3 is 6.09 Å². The van der Waals surface area contributed by atoms with Crippen LogP contribution in [-0.4, -0.2) is 52.2 Å². The van der Waals surface area contributed by atoms with Crippen LogP contribution in [-0.2, 0) is 31.5 Å². The van der Waals surface area contributed by atoms with Gasteiger partial charge in [-0.2, -0.15) is 4.31 Å². The van der Waals surface area contributed by atoms with Crippen LogP contribution in [0.2, 0.25) is 0 Å². The molecule has 184 valence electrons. The zero-order chi connectivity index (χ0) is 24.2. The summed E-state index contributed by atoms with van der Waals surface area (Å²) < 4.78 is 53.5. The number of hydrogen-bond acceptors (Lipinski definition) is 5. The Bertz CT molecular complexity index is 1100. The summed E-state index contributed by atoms with van der Waals surface area (Å²) in [6.07, 6.45) is 2.01. The molecule has 0 bridgehead atoms. The molecule has 4 rings (SSSR count). The highest BCUT2D eigenvalue weighted by Gasteiger charge is 2.38. The number of benzene rings is 2. The van der Waals surface area contributed by atoms with Gasteiger partial charge in [-0.05, 0) is 42.9 Å². The van der Waals surface area contributed by atoms with E-state index in [1.807, 2.05) is 36.4 Å². The largest absolute Gasteiger partial charge is 0.453 e. The first-order chi connectivity index (χ1) is 16.4. The molecule has 2 aliphatic rings. The molecule has 1 amide bonds. The maximum Gasteiger partial charge on any atom is 0.406 e. The van der Waals surface area contributed by atoms with Crippen molar-refractivity contribution in [3.05, 3.63) is 71.0 Å². The summed E-state index contributed by atoms with van der Waals surface area (Å²) in [5.74, 6) is -0.446. The van der Waals surface area contributed by atoms with Crippen molar-refractivity contribution in [1.29, 1.82) is 0 Å². The molecule has 0 spiro atoms. The summed E-state index contributed by atoms with van der Waals surface area (Å²) in [7, 11) is -2.30. The topological polar surface area (TPSA) is 84.9 Å². The van der Waals surface area contributed by atoms with E-state index >= 15 is 4.39 Å². The van der Waals surface area contributed by atoms with E-state index in [0.29, 0.717) is 51.1 Å². The normalized spacial score (nSPS) is 22.1. The molecule has 2 aromatic carbocycles. The lowest BCUT2D eigenvalue weighted by molar-refractivity contribution is 0.0493. The van der Waals surface area contributed by atoms with Crippen LogP contribution in [0.25, 0.3) is 0 Å². The number of methoxy groups -OCH3 is 1. The molecule has 2 aromatic rings. The summed E-state index contributed by atoms with van der Waals surface area (Å²) in [6.45, 7) is 1.70. The van der Waals surface area contributed by atoms with Crippen molar-refractivity contribution >= 4 is 16.1 Å². The van der Waals surface area contributed by atoms with Gasteiger partial charge in [0.25, 0.3) is 0 Å². The second kappa shape index (κ2) is 10.4. The van der Waals surface area contributed by atoms with Gasteiger partial charge in [0, 0.05) is 43.8 Å². The van der Waals surface area contributed by atoms with Gasteiger partial charge in [0.15, 0.2) is 0 Å². The van der Waals surface area contributed by atoms with Crippen molar-refractivity contribution in [1.82, 2.24) is 9.62 Å². The number of carbonyl (C=O) groups is 1. The van der Waals surface area contributed by atoms with Crippen LogP contribution in [0, 0.1) is 5.82 Å². The Hall–Kier alpha value is -2.49. The number of carbonyl (C=O) groups excluding carboxylic acids is 1. The Morgan fingerprint density at radius 3 is 2.62 bits per heavy atom. The van der Waals surface area contributed by atoms with Gasteiger partial charge in [-0.1, -0.05) is 42.5 Å². The Morgan fingerprint density at radius 1 is 1.21 bits per heavy atom. The number of sulfonamides is 1. The first-order valence-corrected chi connectivity index (χ1v) is 13.1. The average molecular weight is 491 g/mol. The minimum absolute atomic E-state index is 0.00565. The molecule has 0 unspecified atom stereocenters. The fourth-order valence-electron chi connectivity index (χ4n) is 4.92. The number of ether oxygens (including phenoxy) is 2. The van der Waals surface area contributed by atoms with Gasteiger partial charge in [0.05, 0.1) is 7.11 Å². The van der Waals surface area contributed by atoms with Crippen molar-refractivity contribution in [2.75, 3.05) is 33.4 Å². The number of nitrogens with one attached hydrogen (secondary N) is 1. The monoisotopic (exact) mass is 490 g/mol. The highest BCUT2D eigenvalue weighted by atomic mass is 32.2. The second-order valence-corrected chi connectivity index (χ2v) is 11.1. The lowest BCUT2D eigenvalue weighted by Crippen LogP contribution is -2.44. The van der Waals surface area contributed by atoms with Crippen LogP contribution < -0.4 is 5.32 Å². The molecule has 1 N–H and O–H groups in total. The highest BCUT2D eigenvalue weighted by Crippen LogP contribution is 2.37. The number of nitrogens with zero attached hydrogens (tertiary/aromatic N) is 1. The minimum atomic E-state index is -3.61. The molecule has 2 aliphatic heterocycles. The lowest BCUT2D eigenvalue weighted by Gasteiger charge is -2.38. The molecule has 7 nitrogen and oxygen atoms in total.